The molecular weight excluding hydrogens is 455 g/mol. The molecule has 6 nitrogen and oxygen atoms in total. The van der Waals surface area contributed by atoms with Crippen molar-refractivity contribution in [3.8, 4) is 11.5 Å². The first-order valence-corrected chi connectivity index (χ1v) is 11.2. The second kappa shape index (κ2) is 8.74. The van der Waals surface area contributed by atoms with Crippen LogP contribution in [0.25, 0.3) is 0 Å². The molecule has 0 N–H and O–H groups in total. The Morgan fingerprint density at radius 2 is 1.76 bits per heavy atom. The van der Waals surface area contributed by atoms with Crippen LogP contribution >= 0.6 is 11.8 Å². The summed E-state index contributed by atoms with van der Waals surface area (Å²) >= 11 is 1.14. The predicted molar refractivity (Wildman–Crippen MR) is 121 cm³/mol. The Bertz CT molecular complexity index is 1160. The van der Waals surface area contributed by atoms with Gasteiger partial charge in [0.15, 0.2) is 16.7 Å². The highest BCUT2D eigenvalue weighted by Gasteiger charge is 2.44. The van der Waals surface area contributed by atoms with Gasteiger partial charge in [0.2, 0.25) is 0 Å². The molecule has 1 atom stereocenters. The lowest BCUT2D eigenvalue weighted by Crippen LogP contribution is -2.46. The van der Waals surface area contributed by atoms with E-state index in [2.05, 4.69) is 4.99 Å². The van der Waals surface area contributed by atoms with Crippen molar-refractivity contribution in [2.45, 2.75) is 31.8 Å². The summed E-state index contributed by atoms with van der Waals surface area (Å²) in [6, 6.07) is 8.24. The molecule has 0 saturated carbocycles. The van der Waals surface area contributed by atoms with Gasteiger partial charge in [-0.25, -0.2) is 4.99 Å². The molecule has 2 heterocycles. The van der Waals surface area contributed by atoms with Crippen molar-refractivity contribution in [2.24, 2.45) is 15.9 Å². The lowest BCUT2D eigenvalue weighted by Gasteiger charge is -2.33. The number of hydrogen-bond acceptors (Lipinski definition) is 6. The first-order chi connectivity index (χ1) is 15.7. The highest BCUT2D eigenvalue weighted by molar-refractivity contribution is 8.13. The SMILES string of the molecule is COc1cc2c(cc1OC)C1=NC(=O)[C@H](C(C)C)N1C(SCc1ccccc1C(F)(F)F)=N2. The summed E-state index contributed by atoms with van der Waals surface area (Å²) in [6.45, 7) is 3.79. The lowest BCUT2D eigenvalue weighted by atomic mass is 10.0. The molecule has 0 radical (unpaired) electrons. The van der Waals surface area contributed by atoms with Gasteiger partial charge in [0, 0.05) is 17.4 Å². The number of fused-ring (bicyclic) bond motifs is 3. The Morgan fingerprint density at radius 3 is 2.39 bits per heavy atom. The second-order valence-corrected chi connectivity index (χ2v) is 8.84. The number of carbonyl (C=O) groups is 1. The van der Waals surface area contributed by atoms with Gasteiger partial charge in [-0.15, -0.1) is 0 Å². The number of alkyl halides is 3. The van der Waals surface area contributed by atoms with Crippen LogP contribution in [0.4, 0.5) is 18.9 Å². The van der Waals surface area contributed by atoms with E-state index in [9.17, 15) is 18.0 Å². The number of methoxy groups -OCH3 is 2. The number of carbonyl (C=O) groups excluding carboxylic acids is 1. The number of amides is 1. The highest BCUT2D eigenvalue weighted by atomic mass is 32.2. The normalized spacial score (nSPS) is 17.5. The van der Waals surface area contributed by atoms with Gasteiger partial charge in [-0.3, -0.25) is 9.69 Å². The molecule has 0 saturated heterocycles. The molecular formula is C23H22F3N3O3S. The number of aliphatic imine (C=N–C) groups is 2. The maximum absolute atomic E-state index is 13.5. The number of thioether (sulfide) groups is 1. The van der Waals surface area contributed by atoms with Crippen LogP contribution in [0.3, 0.4) is 0 Å². The molecule has 10 heteroatoms. The largest absolute Gasteiger partial charge is 0.493 e. The van der Waals surface area contributed by atoms with E-state index in [1.165, 1.54) is 26.4 Å². The van der Waals surface area contributed by atoms with E-state index in [4.69, 9.17) is 14.5 Å². The Morgan fingerprint density at radius 1 is 1.09 bits per heavy atom. The third kappa shape index (κ3) is 4.19. The molecule has 2 aromatic carbocycles. The molecule has 2 aliphatic heterocycles. The minimum atomic E-state index is -4.46. The number of rotatable bonds is 5. The van der Waals surface area contributed by atoms with Crippen molar-refractivity contribution in [2.75, 3.05) is 14.2 Å². The van der Waals surface area contributed by atoms with Crippen LogP contribution in [-0.4, -0.2) is 42.1 Å². The molecule has 1 amide bonds. The predicted octanol–water partition coefficient (Wildman–Crippen LogP) is 5.27. The van der Waals surface area contributed by atoms with Crippen LogP contribution < -0.4 is 9.47 Å². The standard InChI is InChI=1S/C23H22F3N3O3S/c1-12(2)19-21(30)28-20-14-9-17(31-3)18(32-4)10-16(14)27-22(29(19)20)33-11-13-7-5-6-8-15(13)23(24,25)26/h5-10,12,19H,11H2,1-4H3/t19-/m0/s1. The molecule has 4 rings (SSSR count). The molecule has 0 bridgehead atoms. The van der Waals surface area contributed by atoms with Crippen molar-refractivity contribution < 1.29 is 27.4 Å². The molecule has 2 aromatic rings. The van der Waals surface area contributed by atoms with Gasteiger partial charge in [0.05, 0.1) is 25.5 Å². The third-order valence-electron chi connectivity index (χ3n) is 5.45. The van der Waals surface area contributed by atoms with E-state index in [1.54, 1.807) is 23.1 Å². The molecule has 33 heavy (non-hydrogen) atoms. The van der Waals surface area contributed by atoms with Gasteiger partial charge in [-0.1, -0.05) is 43.8 Å². The average Bonchev–Trinajstić information content (AvgIpc) is 3.13. The summed E-state index contributed by atoms with van der Waals surface area (Å²) < 4.78 is 51.1. The molecule has 2 aliphatic rings. The van der Waals surface area contributed by atoms with Crippen LogP contribution in [0, 0.1) is 5.92 Å². The number of benzene rings is 2. The highest BCUT2D eigenvalue weighted by Crippen LogP contribution is 2.42. The van der Waals surface area contributed by atoms with Gasteiger partial charge < -0.3 is 9.47 Å². The van der Waals surface area contributed by atoms with E-state index in [1.807, 2.05) is 13.8 Å². The second-order valence-electron chi connectivity index (χ2n) is 7.89. The fourth-order valence-electron chi connectivity index (χ4n) is 3.91. The third-order valence-corrected chi connectivity index (χ3v) is 6.45. The van der Waals surface area contributed by atoms with Crippen LogP contribution in [0.2, 0.25) is 0 Å². The molecule has 174 valence electrons. The van der Waals surface area contributed by atoms with Crippen molar-refractivity contribution in [1.29, 1.82) is 0 Å². The number of amidine groups is 2. The first kappa shape index (κ1) is 23.2. The minimum Gasteiger partial charge on any atom is -0.493 e. The summed E-state index contributed by atoms with van der Waals surface area (Å²) in [4.78, 5) is 23.5. The van der Waals surface area contributed by atoms with Crippen molar-refractivity contribution in [3.63, 3.8) is 0 Å². The van der Waals surface area contributed by atoms with Crippen LogP contribution in [-0.2, 0) is 16.7 Å². The van der Waals surface area contributed by atoms with E-state index in [-0.39, 0.29) is 23.1 Å². The van der Waals surface area contributed by atoms with Gasteiger partial charge in [0.1, 0.15) is 11.9 Å². The quantitative estimate of drug-likeness (QED) is 0.587. The Labute approximate surface area is 193 Å². The Hall–Kier alpha value is -3.01. The summed E-state index contributed by atoms with van der Waals surface area (Å²) in [5.41, 5.74) is 0.559. The van der Waals surface area contributed by atoms with Crippen molar-refractivity contribution in [1.82, 2.24) is 4.90 Å². The zero-order valence-electron chi connectivity index (χ0n) is 18.4. The summed E-state index contributed by atoms with van der Waals surface area (Å²) in [6.07, 6.45) is -4.46. The summed E-state index contributed by atoms with van der Waals surface area (Å²) in [7, 11) is 3.00. The topological polar surface area (TPSA) is 63.5 Å². The molecule has 0 fully saturated rings. The van der Waals surface area contributed by atoms with Gasteiger partial charge in [0.25, 0.3) is 5.91 Å². The molecule has 0 spiro atoms. The molecule has 0 unspecified atom stereocenters. The average molecular weight is 478 g/mol. The maximum Gasteiger partial charge on any atom is 0.416 e. The van der Waals surface area contributed by atoms with Gasteiger partial charge in [-0.05, 0) is 23.6 Å². The number of hydrogen-bond donors (Lipinski definition) is 0. The first-order valence-electron chi connectivity index (χ1n) is 10.2. The fourth-order valence-corrected chi connectivity index (χ4v) is 4.95. The number of ether oxygens (including phenoxy) is 2. The van der Waals surface area contributed by atoms with E-state index in [0.717, 1.165) is 17.8 Å². The Kier molecular flexibility index (Phi) is 6.13. The lowest BCUT2D eigenvalue weighted by molar-refractivity contribution is -0.138. The zero-order valence-corrected chi connectivity index (χ0v) is 19.3. The fraction of sp³-hybridized carbons (Fsp3) is 0.348. The van der Waals surface area contributed by atoms with E-state index >= 15 is 0 Å². The maximum atomic E-state index is 13.5. The number of nitrogens with zero attached hydrogens (tertiary/aromatic N) is 3. The van der Waals surface area contributed by atoms with Crippen molar-refractivity contribution >= 4 is 34.4 Å². The monoisotopic (exact) mass is 477 g/mol. The summed E-state index contributed by atoms with van der Waals surface area (Å²) in [5, 5.41) is 0.412. The Balaban J connectivity index is 1.78. The molecule has 0 aromatic heterocycles. The van der Waals surface area contributed by atoms with Crippen LogP contribution in [0.5, 0.6) is 11.5 Å². The number of halogens is 3. The molecule has 0 aliphatic carbocycles. The minimum absolute atomic E-state index is 0.0277. The van der Waals surface area contributed by atoms with Crippen LogP contribution in [0.15, 0.2) is 46.4 Å². The van der Waals surface area contributed by atoms with Crippen LogP contribution in [0.1, 0.15) is 30.5 Å². The van der Waals surface area contributed by atoms with Gasteiger partial charge in [-0.2, -0.15) is 18.2 Å². The van der Waals surface area contributed by atoms with E-state index < -0.39 is 17.8 Å². The smallest absolute Gasteiger partial charge is 0.416 e. The van der Waals surface area contributed by atoms with Crippen molar-refractivity contribution in [3.05, 3.63) is 53.1 Å². The zero-order chi connectivity index (χ0) is 23.9. The van der Waals surface area contributed by atoms with Gasteiger partial charge >= 0.3 is 6.18 Å². The van der Waals surface area contributed by atoms with E-state index in [0.29, 0.717) is 33.8 Å². The summed E-state index contributed by atoms with van der Waals surface area (Å²) in [5.74, 6) is 0.951.